The van der Waals surface area contributed by atoms with Crippen molar-refractivity contribution in [3.05, 3.63) is 83.9 Å². The van der Waals surface area contributed by atoms with E-state index in [9.17, 15) is 9.18 Å². The van der Waals surface area contributed by atoms with Gasteiger partial charge >= 0.3 is 0 Å². The van der Waals surface area contributed by atoms with Crippen LogP contribution in [0, 0.1) is 11.2 Å². The molecule has 1 N–H and O–H groups in total. The van der Waals surface area contributed by atoms with Crippen molar-refractivity contribution in [1.29, 1.82) is 0 Å². The molecule has 0 aliphatic carbocycles. The molecule has 0 unspecified atom stereocenters. The molecule has 6 nitrogen and oxygen atoms in total. The molecule has 0 radical (unpaired) electrons. The zero-order valence-corrected chi connectivity index (χ0v) is 21.3. The van der Waals surface area contributed by atoms with Crippen LogP contribution in [0.1, 0.15) is 24.2 Å². The monoisotopic (exact) mass is 501 g/mol. The fourth-order valence-electron chi connectivity index (χ4n) is 5.24. The van der Waals surface area contributed by atoms with Gasteiger partial charge in [-0.15, -0.1) is 0 Å². The number of nitrogens with zero attached hydrogens (tertiary/aromatic N) is 2. The molecule has 1 aromatic heterocycles. The van der Waals surface area contributed by atoms with Crippen LogP contribution in [0.2, 0.25) is 0 Å². The van der Waals surface area contributed by atoms with E-state index in [1.165, 1.54) is 12.1 Å². The van der Waals surface area contributed by atoms with E-state index in [0.717, 1.165) is 28.0 Å². The fourth-order valence-corrected chi connectivity index (χ4v) is 5.24. The number of hydrogen-bond acceptors (Lipinski definition) is 4. The zero-order chi connectivity index (χ0) is 25.8. The topological polar surface area (TPSA) is 65.4 Å². The van der Waals surface area contributed by atoms with Crippen molar-refractivity contribution in [2.24, 2.45) is 12.5 Å². The van der Waals surface area contributed by atoms with Crippen LogP contribution in [0.3, 0.4) is 0 Å². The number of benzene rings is 3. The number of fused-ring (bicyclic) bond motifs is 1. The number of carbonyl (C=O) groups is 1. The van der Waals surface area contributed by atoms with Gasteiger partial charge in [0.1, 0.15) is 17.4 Å². The van der Waals surface area contributed by atoms with Gasteiger partial charge in [0.2, 0.25) is 5.91 Å². The Morgan fingerprint density at radius 3 is 2.59 bits per heavy atom. The quantitative estimate of drug-likeness (QED) is 0.366. The summed E-state index contributed by atoms with van der Waals surface area (Å²) < 4.78 is 27.0. The third-order valence-corrected chi connectivity index (χ3v) is 7.41. The van der Waals surface area contributed by atoms with Crippen LogP contribution in [0.15, 0.2) is 66.7 Å². The Balaban J connectivity index is 1.28. The van der Waals surface area contributed by atoms with E-state index in [-0.39, 0.29) is 11.7 Å². The fraction of sp³-hybridized carbons (Fsp3) is 0.333. The van der Waals surface area contributed by atoms with Gasteiger partial charge in [-0.2, -0.15) is 0 Å². The van der Waals surface area contributed by atoms with Crippen molar-refractivity contribution < 1.29 is 18.7 Å². The van der Waals surface area contributed by atoms with E-state index in [0.29, 0.717) is 56.8 Å². The number of aryl methyl sites for hydroxylation is 1. The number of para-hydroxylation sites is 2. The minimum Gasteiger partial charge on any atom is -0.496 e. The molecule has 0 atom stereocenters. The summed E-state index contributed by atoms with van der Waals surface area (Å²) in [6.07, 6.45) is 2.62. The van der Waals surface area contributed by atoms with Crippen molar-refractivity contribution >= 4 is 16.9 Å². The summed E-state index contributed by atoms with van der Waals surface area (Å²) in [7, 11) is 3.59. The van der Waals surface area contributed by atoms with Gasteiger partial charge in [-0.05, 0) is 60.7 Å². The van der Waals surface area contributed by atoms with Gasteiger partial charge in [0.25, 0.3) is 0 Å². The number of ether oxygens (including phenoxy) is 2. The molecule has 1 saturated heterocycles. The first-order valence-corrected chi connectivity index (χ1v) is 12.7. The van der Waals surface area contributed by atoms with Crippen LogP contribution in [0.4, 0.5) is 4.39 Å². The Bertz CT molecular complexity index is 1390. The largest absolute Gasteiger partial charge is 0.496 e. The Morgan fingerprint density at radius 2 is 1.86 bits per heavy atom. The molecule has 1 amide bonds. The van der Waals surface area contributed by atoms with Crippen LogP contribution < -0.4 is 10.1 Å². The first-order valence-electron chi connectivity index (χ1n) is 12.7. The summed E-state index contributed by atoms with van der Waals surface area (Å²) in [6.45, 7) is 1.66. The maximum absolute atomic E-state index is 13.9. The van der Waals surface area contributed by atoms with Crippen molar-refractivity contribution in [2.75, 3.05) is 26.9 Å². The Labute approximate surface area is 216 Å². The van der Waals surface area contributed by atoms with Gasteiger partial charge in [0, 0.05) is 38.8 Å². The molecule has 7 heteroatoms. The molecule has 2 heterocycles. The highest BCUT2D eigenvalue weighted by atomic mass is 19.1. The molecule has 192 valence electrons. The summed E-state index contributed by atoms with van der Waals surface area (Å²) >= 11 is 0. The van der Waals surface area contributed by atoms with Crippen molar-refractivity contribution in [2.45, 2.75) is 25.7 Å². The lowest BCUT2D eigenvalue weighted by Gasteiger charge is -2.36. The number of hydrogen-bond donors (Lipinski definition) is 1. The predicted octanol–water partition coefficient (Wildman–Crippen LogP) is 5.09. The molecule has 0 saturated carbocycles. The standard InChI is InChI=1S/C30H32FN3O3/c1-34-26-6-4-3-5-25(26)33-28(34)13-16-32-29(35)30(14-17-37-18-15-30)20-21-7-9-22(10-8-21)24-19-23(31)11-12-27(24)36-2/h3-12,19H,13-18,20H2,1-2H3,(H,32,35). The number of aromatic nitrogens is 2. The molecule has 1 aliphatic heterocycles. The second kappa shape index (κ2) is 10.7. The average Bonchev–Trinajstić information content (AvgIpc) is 3.25. The first-order chi connectivity index (χ1) is 18.0. The molecule has 5 rings (SSSR count). The van der Waals surface area contributed by atoms with Crippen molar-refractivity contribution in [1.82, 2.24) is 14.9 Å². The third kappa shape index (κ3) is 5.23. The van der Waals surface area contributed by atoms with E-state index in [4.69, 9.17) is 14.5 Å². The highest BCUT2D eigenvalue weighted by Gasteiger charge is 2.40. The van der Waals surface area contributed by atoms with Gasteiger partial charge in [0.15, 0.2) is 0 Å². The lowest BCUT2D eigenvalue weighted by Crippen LogP contribution is -2.46. The van der Waals surface area contributed by atoms with Crippen molar-refractivity contribution in [3.8, 4) is 16.9 Å². The van der Waals surface area contributed by atoms with Crippen LogP contribution >= 0.6 is 0 Å². The number of halogens is 1. The minimum atomic E-state index is -0.525. The third-order valence-electron chi connectivity index (χ3n) is 7.41. The lowest BCUT2D eigenvalue weighted by molar-refractivity contribution is -0.136. The lowest BCUT2D eigenvalue weighted by atomic mass is 9.74. The van der Waals surface area contributed by atoms with Crippen LogP contribution in [-0.2, 0) is 29.4 Å². The summed E-state index contributed by atoms with van der Waals surface area (Å²) in [4.78, 5) is 18.2. The molecule has 4 aromatic rings. The Hall–Kier alpha value is -3.71. The number of carbonyl (C=O) groups excluding carboxylic acids is 1. The molecular formula is C30H32FN3O3. The predicted molar refractivity (Wildman–Crippen MR) is 142 cm³/mol. The first kappa shape index (κ1) is 25.0. The highest BCUT2D eigenvalue weighted by Crippen LogP contribution is 2.36. The molecule has 0 bridgehead atoms. The van der Waals surface area contributed by atoms with Crippen LogP contribution in [0.25, 0.3) is 22.2 Å². The second-order valence-corrected chi connectivity index (χ2v) is 9.69. The molecule has 1 fully saturated rings. The summed E-state index contributed by atoms with van der Waals surface area (Å²) in [5, 5.41) is 3.19. The van der Waals surface area contributed by atoms with E-state index in [1.807, 2.05) is 49.5 Å². The van der Waals surface area contributed by atoms with Crippen LogP contribution in [0.5, 0.6) is 5.75 Å². The summed E-state index contributed by atoms with van der Waals surface area (Å²) in [5.41, 5.74) is 4.16. The van der Waals surface area contributed by atoms with Gasteiger partial charge in [-0.1, -0.05) is 36.4 Å². The normalized spacial score (nSPS) is 15.0. The minimum absolute atomic E-state index is 0.0606. The number of imidazole rings is 1. The molecule has 0 spiro atoms. The van der Waals surface area contributed by atoms with Gasteiger partial charge < -0.3 is 19.4 Å². The molecule has 37 heavy (non-hydrogen) atoms. The van der Waals surface area contributed by atoms with Crippen molar-refractivity contribution in [3.63, 3.8) is 0 Å². The summed E-state index contributed by atoms with van der Waals surface area (Å²) in [6, 6.07) is 20.5. The SMILES string of the molecule is COc1ccc(F)cc1-c1ccc(CC2(C(=O)NCCc3nc4ccccc4n3C)CCOCC2)cc1. The number of rotatable bonds is 8. The van der Waals surface area contributed by atoms with Gasteiger partial charge in [0.05, 0.1) is 23.6 Å². The van der Waals surface area contributed by atoms with E-state index >= 15 is 0 Å². The number of amides is 1. The smallest absolute Gasteiger partial charge is 0.226 e. The summed E-state index contributed by atoms with van der Waals surface area (Å²) in [5.74, 6) is 1.32. The number of methoxy groups -OCH3 is 1. The maximum atomic E-state index is 13.9. The Morgan fingerprint density at radius 1 is 1.11 bits per heavy atom. The van der Waals surface area contributed by atoms with E-state index in [2.05, 4.69) is 16.0 Å². The molecular weight excluding hydrogens is 469 g/mol. The molecule has 1 aliphatic rings. The van der Waals surface area contributed by atoms with E-state index in [1.54, 1.807) is 13.2 Å². The van der Waals surface area contributed by atoms with Gasteiger partial charge in [-0.3, -0.25) is 4.79 Å². The number of nitrogens with one attached hydrogen (secondary N) is 1. The maximum Gasteiger partial charge on any atom is 0.226 e. The highest BCUT2D eigenvalue weighted by molar-refractivity contribution is 5.83. The van der Waals surface area contributed by atoms with E-state index < -0.39 is 5.41 Å². The van der Waals surface area contributed by atoms with Gasteiger partial charge in [-0.25, -0.2) is 9.37 Å². The molecule has 3 aromatic carbocycles. The van der Waals surface area contributed by atoms with Crippen LogP contribution in [-0.4, -0.2) is 42.3 Å². The Kier molecular flexibility index (Phi) is 7.24. The zero-order valence-electron chi connectivity index (χ0n) is 21.3. The second-order valence-electron chi connectivity index (χ2n) is 9.69. The average molecular weight is 502 g/mol.